The molecule has 0 aromatic rings. The molecule has 0 rings (SSSR count). The SMILES string of the molecule is C=C(C)C(=O)OCCOC(=O)CCCCCOC(=O)C(C)OC(=O)CC(=C)C(=O)O. The van der Waals surface area contributed by atoms with E-state index in [4.69, 9.17) is 24.1 Å². The highest BCUT2D eigenvalue weighted by Gasteiger charge is 2.20. The highest BCUT2D eigenvalue weighted by Crippen LogP contribution is 2.06. The lowest BCUT2D eigenvalue weighted by Gasteiger charge is -2.12. The maximum absolute atomic E-state index is 11.7. The van der Waals surface area contributed by atoms with Gasteiger partial charge in [0.1, 0.15) is 13.2 Å². The molecule has 0 aliphatic heterocycles. The van der Waals surface area contributed by atoms with Gasteiger partial charge in [-0.1, -0.05) is 13.2 Å². The van der Waals surface area contributed by atoms with E-state index in [0.29, 0.717) is 19.3 Å². The van der Waals surface area contributed by atoms with Crippen molar-refractivity contribution >= 4 is 29.8 Å². The molecule has 0 saturated carbocycles. The zero-order valence-electron chi connectivity index (χ0n) is 17.3. The fraction of sp³-hybridized carbons (Fsp3) is 0.550. The Morgan fingerprint density at radius 1 is 0.867 bits per heavy atom. The number of carbonyl (C=O) groups is 5. The maximum Gasteiger partial charge on any atom is 0.347 e. The van der Waals surface area contributed by atoms with Crippen LogP contribution < -0.4 is 0 Å². The first-order valence-corrected chi connectivity index (χ1v) is 9.30. The van der Waals surface area contributed by atoms with Crippen LogP contribution in [0.5, 0.6) is 0 Å². The molecule has 0 aromatic heterocycles. The van der Waals surface area contributed by atoms with Crippen LogP contribution >= 0.6 is 0 Å². The van der Waals surface area contributed by atoms with Crippen LogP contribution in [0.2, 0.25) is 0 Å². The number of ether oxygens (including phenoxy) is 4. The molecule has 1 atom stereocenters. The second-order valence-electron chi connectivity index (χ2n) is 6.33. The average molecular weight is 428 g/mol. The molecule has 0 bridgehead atoms. The summed E-state index contributed by atoms with van der Waals surface area (Å²) in [5.41, 5.74) is -0.0781. The Labute approximate surface area is 174 Å². The third kappa shape index (κ3) is 13.1. The first-order chi connectivity index (χ1) is 14.0. The average Bonchev–Trinajstić information content (AvgIpc) is 2.66. The summed E-state index contributed by atoms with van der Waals surface area (Å²) in [6.45, 7) is 9.45. The summed E-state index contributed by atoms with van der Waals surface area (Å²) >= 11 is 0. The molecule has 10 nitrogen and oxygen atoms in total. The smallest absolute Gasteiger partial charge is 0.347 e. The van der Waals surface area contributed by atoms with Gasteiger partial charge in [0, 0.05) is 17.6 Å². The van der Waals surface area contributed by atoms with Crippen molar-refractivity contribution in [1.29, 1.82) is 0 Å². The molecule has 0 aromatic carbocycles. The fourth-order valence-electron chi connectivity index (χ4n) is 1.86. The van der Waals surface area contributed by atoms with Crippen LogP contribution in [0.1, 0.15) is 46.0 Å². The predicted molar refractivity (Wildman–Crippen MR) is 103 cm³/mol. The van der Waals surface area contributed by atoms with E-state index >= 15 is 0 Å². The lowest BCUT2D eigenvalue weighted by atomic mass is 10.2. The van der Waals surface area contributed by atoms with Crippen LogP contribution in [-0.2, 0) is 42.9 Å². The second-order valence-corrected chi connectivity index (χ2v) is 6.33. The number of carboxylic acid groups (broad SMARTS) is 1. The van der Waals surface area contributed by atoms with Crippen LogP contribution in [-0.4, -0.2) is 60.9 Å². The molecule has 30 heavy (non-hydrogen) atoms. The third-order valence-electron chi connectivity index (χ3n) is 3.50. The molecule has 10 heteroatoms. The summed E-state index contributed by atoms with van der Waals surface area (Å²) in [5.74, 6) is -3.94. The van der Waals surface area contributed by atoms with Gasteiger partial charge < -0.3 is 24.1 Å². The number of unbranched alkanes of at least 4 members (excludes halogenated alkanes) is 2. The number of carbonyl (C=O) groups excluding carboxylic acids is 4. The van der Waals surface area contributed by atoms with Crippen LogP contribution in [0.3, 0.4) is 0 Å². The molecule has 0 heterocycles. The molecule has 0 fully saturated rings. The monoisotopic (exact) mass is 428 g/mol. The Bertz CT molecular complexity index is 664. The summed E-state index contributed by atoms with van der Waals surface area (Å²) in [6.07, 6.45) is 0.0753. The first kappa shape index (κ1) is 26.8. The molecule has 1 N–H and O–H groups in total. The fourth-order valence-corrected chi connectivity index (χ4v) is 1.86. The van der Waals surface area contributed by atoms with Crippen molar-refractivity contribution in [3.8, 4) is 0 Å². The minimum Gasteiger partial charge on any atom is -0.478 e. The Kier molecular flexibility index (Phi) is 13.2. The van der Waals surface area contributed by atoms with Gasteiger partial charge in [-0.05, 0) is 33.1 Å². The van der Waals surface area contributed by atoms with E-state index in [0.717, 1.165) is 0 Å². The Hall–Kier alpha value is -3.17. The standard InChI is InChI=1S/C20H28O10/c1-13(2)19(25)29-11-10-27-16(21)8-6-5-7-9-28-20(26)15(4)30-17(22)12-14(3)18(23)24/h15H,1,3,5-12H2,2,4H3,(H,23,24). The number of esters is 4. The third-order valence-corrected chi connectivity index (χ3v) is 3.50. The minimum atomic E-state index is -1.32. The Balaban J connectivity index is 3.78. The topological polar surface area (TPSA) is 142 Å². The van der Waals surface area contributed by atoms with Gasteiger partial charge in [0.05, 0.1) is 13.0 Å². The van der Waals surface area contributed by atoms with Gasteiger partial charge in [0.15, 0.2) is 6.10 Å². The molecular weight excluding hydrogens is 400 g/mol. The maximum atomic E-state index is 11.7. The van der Waals surface area contributed by atoms with Crippen LogP contribution in [0.15, 0.2) is 24.3 Å². The second kappa shape index (κ2) is 14.8. The van der Waals surface area contributed by atoms with E-state index < -0.39 is 42.4 Å². The van der Waals surface area contributed by atoms with Gasteiger partial charge in [-0.25, -0.2) is 14.4 Å². The normalized spacial score (nSPS) is 11.0. The van der Waals surface area contributed by atoms with Gasteiger partial charge in [0.25, 0.3) is 0 Å². The van der Waals surface area contributed by atoms with E-state index in [9.17, 15) is 24.0 Å². The summed E-state index contributed by atoms with van der Waals surface area (Å²) in [7, 11) is 0. The summed E-state index contributed by atoms with van der Waals surface area (Å²) in [4.78, 5) is 56.4. The van der Waals surface area contributed by atoms with Gasteiger partial charge in [-0.2, -0.15) is 0 Å². The number of carboxylic acids is 1. The number of rotatable bonds is 15. The van der Waals surface area contributed by atoms with E-state index in [1.165, 1.54) is 13.8 Å². The van der Waals surface area contributed by atoms with Crippen molar-refractivity contribution in [3.63, 3.8) is 0 Å². The van der Waals surface area contributed by atoms with E-state index in [1.54, 1.807) is 0 Å². The van der Waals surface area contributed by atoms with E-state index in [2.05, 4.69) is 13.2 Å². The molecule has 1 unspecified atom stereocenters. The lowest BCUT2D eigenvalue weighted by Crippen LogP contribution is -2.27. The highest BCUT2D eigenvalue weighted by molar-refractivity contribution is 5.92. The number of hydrogen-bond donors (Lipinski definition) is 1. The molecule has 0 amide bonds. The Morgan fingerprint density at radius 2 is 1.50 bits per heavy atom. The van der Waals surface area contributed by atoms with Crippen molar-refractivity contribution in [3.05, 3.63) is 24.3 Å². The summed E-state index contributed by atoms with van der Waals surface area (Å²) in [5, 5.41) is 8.64. The van der Waals surface area contributed by atoms with Crippen molar-refractivity contribution in [1.82, 2.24) is 0 Å². The summed E-state index contributed by atoms with van der Waals surface area (Å²) in [6, 6.07) is 0. The zero-order valence-corrected chi connectivity index (χ0v) is 17.3. The number of aliphatic carboxylic acids is 1. The summed E-state index contributed by atoms with van der Waals surface area (Å²) < 4.78 is 19.4. The van der Waals surface area contributed by atoms with Crippen molar-refractivity contribution in [2.75, 3.05) is 19.8 Å². The largest absolute Gasteiger partial charge is 0.478 e. The Morgan fingerprint density at radius 3 is 2.10 bits per heavy atom. The van der Waals surface area contributed by atoms with Gasteiger partial charge in [0.2, 0.25) is 0 Å². The quantitative estimate of drug-likeness (QED) is 0.177. The van der Waals surface area contributed by atoms with Crippen molar-refractivity contribution in [2.24, 2.45) is 0 Å². The van der Waals surface area contributed by atoms with Gasteiger partial charge >= 0.3 is 29.8 Å². The molecule has 0 aliphatic rings. The molecule has 0 aliphatic carbocycles. The van der Waals surface area contributed by atoms with E-state index in [-0.39, 0.29) is 37.4 Å². The highest BCUT2D eigenvalue weighted by atomic mass is 16.6. The lowest BCUT2D eigenvalue weighted by molar-refractivity contribution is -0.166. The molecule has 0 saturated heterocycles. The van der Waals surface area contributed by atoms with Crippen molar-refractivity contribution < 1.29 is 48.0 Å². The van der Waals surface area contributed by atoms with Crippen LogP contribution in [0.4, 0.5) is 0 Å². The van der Waals surface area contributed by atoms with Crippen LogP contribution in [0, 0.1) is 0 Å². The minimum absolute atomic E-state index is 0.0358. The van der Waals surface area contributed by atoms with Gasteiger partial charge in [-0.3, -0.25) is 9.59 Å². The molecule has 168 valence electrons. The molecule has 0 radical (unpaired) electrons. The number of hydrogen-bond acceptors (Lipinski definition) is 9. The predicted octanol–water partition coefficient (Wildman–Crippen LogP) is 1.72. The van der Waals surface area contributed by atoms with Crippen LogP contribution in [0.25, 0.3) is 0 Å². The van der Waals surface area contributed by atoms with Crippen molar-refractivity contribution in [2.45, 2.75) is 52.1 Å². The first-order valence-electron chi connectivity index (χ1n) is 9.30. The molecular formula is C20H28O10. The van der Waals surface area contributed by atoms with E-state index in [1.807, 2.05) is 0 Å². The van der Waals surface area contributed by atoms with Gasteiger partial charge in [-0.15, -0.1) is 0 Å². The molecule has 0 spiro atoms. The zero-order chi connectivity index (χ0) is 23.1.